The summed E-state index contributed by atoms with van der Waals surface area (Å²) in [5.41, 5.74) is -0.224. The van der Waals surface area contributed by atoms with Crippen molar-refractivity contribution in [3.8, 4) is 0 Å². The molecule has 0 aliphatic heterocycles. The molecule has 0 aromatic heterocycles. The lowest BCUT2D eigenvalue weighted by Crippen LogP contribution is -2.46. The fraction of sp³-hybridized carbons (Fsp3) is 0.900. The number of aliphatic hydroxyl groups excluding tert-OH is 1. The summed E-state index contributed by atoms with van der Waals surface area (Å²) in [4.78, 5) is 11.0. The second-order valence-electron chi connectivity index (χ2n) is 4.03. The molecule has 2 amide bonds. The smallest absolute Gasteiger partial charge is 0.314 e. The first kappa shape index (κ1) is 14.2. The minimum absolute atomic E-state index is 0.132. The van der Waals surface area contributed by atoms with Crippen LogP contribution in [0.5, 0.6) is 0 Å². The molecule has 0 fully saturated rings. The molecule has 0 bridgehead atoms. The summed E-state index contributed by atoms with van der Waals surface area (Å²) in [5.74, 6) is 0. The maximum atomic E-state index is 11.0. The lowest BCUT2D eigenvalue weighted by molar-refractivity contribution is -0.0347. The SMILES string of the molecule is CCC(C)(C)OCC(CO)NC(=O)NC. The number of rotatable bonds is 6. The molecule has 0 heterocycles. The maximum Gasteiger partial charge on any atom is 0.314 e. The van der Waals surface area contributed by atoms with Crippen molar-refractivity contribution in [1.82, 2.24) is 10.6 Å². The van der Waals surface area contributed by atoms with E-state index in [1.165, 1.54) is 7.05 Å². The van der Waals surface area contributed by atoms with Gasteiger partial charge in [0.05, 0.1) is 24.9 Å². The van der Waals surface area contributed by atoms with Crippen LogP contribution in [0.1, 0.15) is 27.2 Å². The van der Waals surface area contributed by atoms with Crippen molar-refractivity contribution in [3.05, 3.63) is 0 Å². The second kappa shape index (κ2) is 6.63. The quantitative estimate of drug-likeness (QED) is 0.607. The van der Waals surface area contributed by atoms with Gasteiger partial charge in [-0.1, -0.05) is 6.92 Å². The van der Waals surface area contributed by atoms with Crippen molar-refractivity contribution in [2.75, 3.05) is 20.3 Å². The van der Waals surface area contributed by atoms with Gasteiger partial charge in [-0.2, -0.15) is 0 Å². The third kappa shape index (κ3) is 6.30. The van der Waals surface area contributed by atoms with Crippen LogP contribution in [0.25, 0.3) is 0 Å². The molecule has 15 heavy (non-hydrogen) atoms. The Morgan fingerprint density at radius 2 is 2.13 bits per heavy atom. The molecule has 0 rings (SSSR count). The number of carbonyl (C=O) groups is 1. The Bertz CT molecular complexity index is 195. The molecule has 5 heteroatoms. The van der Waals surface area contributed by atoms with Gasteiger partial charge in [0.2, 0.25) is 0 Å². The van der Waals surface area contributed by atoms with E-state index in [4.69, 9.17) is 9.84 Å². The summed E-state index contributed by atoms with van der Waals surface area (Å²) in [7, 11) is 1.53. The van der Waals surface area contributed by atoms with Crippen molar-refractivity contribution in [1.29, 1.82) is 0 Å². The van der Waals surface area contributed by atoms with Crippen LogP contribution in [0.2, 0.25) is 0 Å². The summed E-state index contributed by atoms with van der Waals surface area (Å²) in [6.45, 7) is 6.15. The van der Waals surface area contributed by atoms with Crippen LogP contribution in [0.3, 0.4) is 0 Å². The molecular weight excluding hydrogens is 196 g/mol. The van der Waals surface area contributed by atoms with Crippen LogP contribution in [0, 0.1) is 0 Å². The van der Waals surface area contributed by atoms with E-state index >= 15 is 0 Å². The van der Waals surface area contributed by atoms with Crippen LogP contribution >= 0.6 is 0 Å². The van der Waals surface area contributed by atoms with Crippen molar-refractivity contribution < 1.29 is 14.6 Å². The van der Waals surface area contributed by atoms with Gasteiger partial charge in [-0.15, -0.1) is 0 Å². The van der Waals surface area contributed by atoms with Crippen LogP contribution in [0.4, 0.5) is 4.79 Å². The van der Waals surface area contributed by atoms with E-state index in [0.29, 0.717) is 6.61 Å². The van der Waals surface area contributed by atoms with Gasteiger partial charge < -0.3 is 20.5 Å². The molecule has 0 aliphatic carbocycles. The Hall–Kier alpha value is -0.810. The topological polar surface area (TPSA) is 70.6 Å². The predicted octanol–water partition coefficient (Wildman–Crippen LogP) is 0.481. The molecule has 0 spiro atoms. The summed E-state index contributed by atoms with van der Waals surface area (Å²) in [5, 5.41) is 14.0. The molecule has 1 atom stereocenters. The van der Waals surface area contributed by atoms with Gasteiger partial charge in [-0.05, 0) is 20.3 Å². The number of hydrogen-bond acceptors (Lipinski definition) is 3. The highest BCUT2D eigenvalue weighted by Gasteiger charge is 2.18. The van der Waals surface area contributed by atoms with Crippen molar-refractivity contribution >= 4 is 6.03 Å². The fourth-order valence-corrected chi connectivity index (χ4v) is 0.826. The van der Waals surface area contributed by atoms with Crippen LogP contribution in [0.15, 0.2) is 0 Å². The molecule has 1 unspecified atom stereocenters. The van der Waals surface area contributed by atoms with Gasteiger partial charge in [0.1, 0.15) is 0 Å². The molecule has 0 saturated heterocycles. The van der Waals surface area contributed by atoms with E-state index in [1.807, 2.05) is 20.8 Å². The largest absolute Gasteiger partial charge is 0.394 e. The van der Waals surface area contributed by atoms with Crippen LogP contribution in [-0.2, 0) is 4.74 Å². The number of amides is 2. The van der Waals surface area contributed by atoms with Crippen LogP contribution < -0.4 is 10.6 Å². The average molecular weight is 218 g/mol. The highest BCUT2D eigenvalue weighted by atomic mass is 16.5. The third-order valence-corrected chi connectivity index (χ3v) is 2.31. The number of urea groups is 1. The summed E-state index contributed by atoms with van der Waals surface area (Å²) >= 11 is 0. The van der Waals surface area contributed by atoms with E-state index in [0.717, 1.165) is 6.42 Å². The molecule has 0 aromatic carbocycles. The molecule has 0 radical (unpaired) electrons. The zero-order valence-corrected chi connectivity index (χ0v) is 9.96. The number of hydrogen-bond donors (Lipinski definition) is 3. The zero-order valence-electron chi connectivity index (χ0n) is 9.96. The van der Waals surface area contributed by atoms with Gasteiger partial charge in [-0.25, -0.2) is 4.79 Å². The summed E-state index contributed by atoms with van der Waals surface area (Å²) in [6.07, 6.45) is 0.880. The average Bonchev–Trinajstić information content (AvgIpc) is 2.23. The highest BCUT2D eigenvalue weighted by Crippen LogP contribution is 2.13. The van der Waals surface area contributed by atoms with Gasteiger partial charge in [0.15, 0.2) is 0 Å². The van der Waals surface area contributed by atoms with Crippen molar-refractivity contribution in [2.45, 2.75) is 38.8 Å². The monoisotopic (exact) mass is 218 g/mol. The Morgan fingerprint density at radius 3 is 2.53 bits per heavy atom. The first-order chi connectivity index (χ1) is 6.95. The number of carbonyl (C=O) groups excluding carboxylic acids is 1. The minimum Gasteiger partial charge on any atom is -0.394 e. The molecule has 3 N–H and O–H groups in total. The van der Waals surface area contributed by atoms with Crippen molar-refractivity contribution in [3.63, 3.8) is 0 Å². The predicted molar refractivity (Wildman–Crippen MR) is 58.8 cm³/mol. The van der Waals surface area contributed by atoms with Gasteiger partial charge in [-0.3, -0.25) is 0 Å². The Labute approximate surface area is 91.2 Å². The molecular formula is C10H22N2O3. The lowest BCUT2D eigenvalue weighted by atomic mass is 10.1. The van der Waals surface area contributed by atoms with Gasteiger partial charge in [0.25, 0.3) is 0 Å². The number of ether oxygens (including phenoxy) is 1. The zero-order chi connectivity index (χ0) is 11.9. The van der Waals surface area contributed by atoms with E-state index < -0.39 is 0 Å². The van der Waals surface area contributed by atoms with E-state index in [-0.39, 0.29) is 24.3 Å². The van der Waals surface area contributed by atoms with E-state index in [2.05, 4.69) is 10.6 Å². The number of aliphatic hydroxyl groups is 1. The first-order valence-electron chi connectivity index (χ1n) is 5.18. The molecule has 0 aromatic rings. The molecule has 0 aliphatic rings. The van der Waals surface area contributed by atoms with Gasteiger partial charge in [0, 0.05) is 7.05 Å². The highest BCUT2D eigenvalue weighted by molar-refractivity contribution is 5.73. The maximum absolute atomic E-state index is 11.0. The Kier molecular flexibility index (Phi) is 6.27. The molecule has 5 nitrogen and oxygen atoms in total. The lowest BCUT2D eigenvalue weighted by Gasteiger charge is -2.26. The Balaban J connectivity index is 3.95. The first-order valence-corrected chi connectivity index (χ1v) is 5.18. The van der Waals surface area contributed by atoms with Crippen molar-refractivity contribution in [2.24, 2.45) is 0 Å². The number of nitrogens with one attached hydrogen (secondary N) is 2. The van der Waals surface area contributed by atoms with E-state index in [9.17, 15) is 4.79 Å². The second-order valence-corrected chi connectivity index (χ2v) is 4.03. The molecule has 0 saturated carbocycles. The van der Waals surface area contributed by atoms with Crippen LogP contribution in [-0.4, -0.2) is 43.0 Å². The standard InChI is InChI=1S/C10H22N2O3/c1-5-10(2,3)15-7-8(6-13)12-9(14)11-4/h8,13H,5-7H2,1-4H3,(H2,11,12,14). The molecule has 90 valence electrons. The Morgan fingerprint density at radius 1 is 1.53 bits per heavy atom. The minimum atomic E-state index is -0.365. The summed E-state index contributed by atoms with van der Waals surface area (Å²) < 4.78 is 5.57. The summed E-state index contributed by atoms with van der Waals surface area (Å²) in [6, 6.07) is -0.678. The third-order valence-electron chi connectivity index (χ3n) is 2.31. The van der Waals surface area contributed by atoms with Gasteiger partial charge >= 0.3 is 6.03 Å². The normalized spacial score (nSPS) is 13.4. The fourth-order valence-electron chi connectivity index (χ4n) is 0.826. The van der Waals surface area contributed by atoms with E-state index in [1.54, 1.807) is 0 Å².